The van der Waals surface area contributed by atoms with Gasteiger partial charge in [-0.3, -0.25) is 0 Å². The normalized spacial score (nSPS) is 12.6. The highest BCUT2D eigenvalue weighted by molar-refractivity contribution is 7.11. The highest BCUT2D eigenvalue weighted by Crippen LogP contribution is 2.18. The van der Waals surface area contributed by atoms with Crippen LogP contribution < -0.4 is 5.32 Å². The summed E-state index contributed by atoms with van der Waals surface area (Å²) < 4.78 is 0. The molecule has 2 nitrogen and oxygen atoms in total. The van der Waals surface area contributed by atoms with Crippen molar-refractivity contribution in [2.45, 2.75) is 33.4 Å². The Labute approximate surface area is 107 Å². The van der Waals surface area contributed by atoms with E-state index >= 15 is 0 Å². The van der Waals surface area contributed by atoms with E-state index in [9.17, 15) is 0 Å². The van der Waals surface area contributed by atoms with Gasteiger partial charge in [0.1, 0.15) is 0 Å². The smallest absolute Gasteiger partial charge is 0.0900 e. The van der Waals surface area contributed by atoms with Gasteiger partial charge in [0.2, 0.25) is 0 Å². The molecule has 1 unspecified atom stereocenters. The molecule has 0 aliphatic carbocycles. The molecule has 17 heavy (non-hydrogen) atoms. The number of aromatic nitrogens is 1. The Morgan fingerprint density at radius 2 is 1.94 bits per heavy atom. The van der Waals surface area contributed by atoms with E-state index in [0.29, 0.717) is 6.04 Å². The van der Waals surface area contributed by atoms with Crippen LogP contribution in [0.25, 0.3) is 0 Å². The van der Waals surface area contributed by atoms with E-state index in [-0.39, 0.29) is 0 Å². The van der Waals surface area contributed by atoms with Gasteiger partial charge < -0.3 is 5.32 Å². The van der Waals surface area contributed by atoms with Crippen LogP contribution in [0.2, 0.25) is 0 Å². The van der Waals surface area contributed by atoms with Crippen LogP contribution in [-0.2, 0) is 6.54 Å². The maximum Gasteiger partial charge on any atom is 0.0900 e. The van der Waals surface area contributed by atoms with Gasteiger partial charge in [0.05, 0.1) is 10.7 Å². The third kappa shape index (κ3) is 3.14. The van der Waals surface area contributed by atoms with Crippen molar-refractivity contribution < 1.29 is 0 Å². The van der Waals surface area contributed by atoms with Crippen LogP contribution in [0.3, 0.4) is 0 Å². The number of hydrogen-bond acceptors (Lipinski definition) is 3. The van der Waals surface area contributed by atoms with Crippen molar-refractivity contribution >= 4 is 11.3 Å². The molecule has 0 radical (unpaired) electrons. The Bertz CT molecular complexity index is 476. The summed E-state index contributed by atoms with van der Waals surface area (Å²) in [6, 6.07) is 10.9. The average molecular weight is 246 g/mol. The van der Waals surface area contributed by atoms with Gasteiger partial charge in [0, 0.05) is 17.5 Å². The Morgan fingerprint density at radius 3 is 2.53 bits per heavy atom. The van der Waals surface area contributed by atoms with Gasteiger partial charge in [-0.2, -0.15) is 0 Å². The maximum atomic E-state index is 4.44. The predicted molar refractivity (Wildman–Crippen MR) is 73.3 cm³/mol. The van der Waals surface area contributed by atoms with Gasteiger partial charge in [-0.25, -0.2) is 4.98 Å². The fourth-order valence-corrected chi connectivity index (χ4v) is 2.73. The molecule has 0 saturated carbocycles. The zero-order chi connectivity index (χ0) is 12.3. The summed E-state index contributed by atoms with van der Waals surface area (Å²) in [7, 11) is 0. The molecule has 2 rings (SSSR count). The Balaban J connectivity index is 1.97. The lowest BCUT2D eigenvalue weighted by Crippen LogP contribution is -2.17. The first-order chi connectivity index (χ1) is 8.16. The first-order valence-electron chi connectivity index (χ1n) is 5.88. The number of nitrogens with zero attached hydrogens (tertiary/aromatic N) is 1. The molecule has 0 spiro atoms. The van der Waals surface area contributed by atoms with Crippen molar-refractivity contribution in [1.29, 1.82) is 0 Å². The number of hydrogen-bond donors (Lipinski definition) is 1. The molecule has 1 heterocycles. The van der Waals surface area contributed by atoms with Crippen LogP contribution in [-0.4, -0.2) is 4.98 Å². The van der Waals surface area contributed by atoms with Crippen molar-refractivity contribution in [3.63, 3.8) is 0 Å². The predicted octanol–water partition coefficient (Wildman–Crippen LogP) is 3.61. The van der Waals surface area contributed by atoms with Crippen molar-refractivity contribution in [1.82, 2.24) is 10.3 Å². The van der Waals surface area contributed by atoms with Crippen molar-refractivity contribution in [2.24, 2.45) is 0 Å². The van der Waals surface area contributed by atoms with Crippen molar-refractivity contribution in [3.05, 3.63) is 51.5 Å². The topological polar surface area (TPSA) is 24.9 Å². The molecule has 0 aliphatic rings. The van der Waals surface area contributed by atoms with Crippen LogP contribution in [0.4, 0.5) is 0 Å². The fourth-order valence-electron chi connectivity index (χ4n) is 1.84. The molecule has 1 aromatic carbocycles. The molecule has 90 valence electrons. The van der Waals surface area contributed by atoms with E-state index in [2.05, 4.69) is 55.3 Å². The second-order valence-electron chi connectivity index (χ2n) is 4.25. The summed E-state index contributed by atoms with van der Waals surface area (Å²) in [4.78, 5) is 5.78. The minimum atomic E-state index is 0.373. The van der Waals surface area contributed by atoms with E-state index in [4.69, 9.17) is 0 Å². The maximum absolute atomic E-state index is 4.44. The summed E-state index contributed by atoms with van der Waals surface area (Å²) >= 11 is 1.78. The van der Waals surface area contributed by atoms with Crippen LogP contribution in [0, 0.1) is 13.8 Å². The number of rotatable bonds is 4. The molecular weight excluding hydrogens is 228 g/mol. The van der Waals surface area contributed by atoms with Crippen LogP contribution in [0.5, 0.6) is 0 Å². The molecule has 0 aliphatic heterocycles. The van der Waals surface area contributed by atoms with Gasteiger partial charge >= 0.3 is 0 Å². The van der Waals surface area contributed by atoms with E-state index in [0.717, 1.165) is 17.2 Å². The average Bonchev–Trinajstić information content (AvgIpc) is 2.66. The number of nitrogens with one attached hydrogen (secondary N) is 1. The van der Waals surface area contributed by atoms with Crippen molar-refractivity contribution in [2.75, 3.05) is 0 Å². The third-order valence-electron chi connectivity index (χ3n) is 2.87. The lowest BCUT2D eigenvalue weighted by molar-refractivity contribution is 0.577. The quantitative estimate of drug-likeness (QED) is 0.891. The molecule has 2 aromatic rings. The highest BCUT2D eigenvalue weighted by atomic mass is 32.1. The highest BCUT2D eigenvalue weighted by Gasteiger charge is 2.07. The number of aryl methyl sites for hydroxylation is 2. The van der Waals surface area contributed by atoms with Gasteiger partial charge in [-0.05, 0) is 26.3 Å². The minimum absolute atomic E-state index is 0.373. The third-order valence-corrected chi connectivity index (χ3v) is 3.94. The summed E-state index contributed by atoms with van der Waals surface area (Å²) in [5, 5.41) is 4.68. The largest absolute Gasteiger partial charge is 0.305 e. The van der Waals surface area contributed by atoms with E-state index in [1.54, 1.807) is 11.3 Å². The molecule has 0 saturated heterocycles. The zero-order valence-electron chi connectivity index (χ0n) is 10.5. The van der Waals surface area contributed by atoms with Gasteiger partial charge in [-0.15, -0.1) is 11.3 Å². The van der Waals surface area contributed by atoms with E-state index in [1.165, 1.54) is 10.4 Å². The summed E-state index contributed by atoms with van der Waals surface area (Å²) in [6.07, 6.45) is 0. The Morgan fingerprint density at radius 1 is 1.24 bits per heavy atom. The molecule has 0 fully saturated rings. The monoisotopic (exact) mass is 246 g/mol. The SMILES string of the molecule is Cc1nc(C)c(CNC(C)c2ccccc2)s1. The van der Waals surface area contributed by atoms with Gasteiger partial charge in [-0.1, -0.05) is 30.3 Å². The minimum Gasteiger partial charge on any atom is -0.305 e. The van der Waals surface area contributed by atoms with Crippen LogP contribution in [0.1, 0.15) is 34.1 Å². The molecule has 1 N–H and O–H groups in total. The second kappa shape index (κ2) is 5.43. The summed E-state index contributed by atoms with van der Waals surface area (Å²) in [6.45, 7) is 7.22. The first-order valence-corrected chi connectivity index (χ1v) is 6.69. The fraction of sp³-hybridized carbons (Fsp3) is 0.357. The standard InChI is InChI=1S/C14H18N2S/c1-10(13-7-5-4-6-8-13)15-9-14-11(2)16-12(3)17-14/h4-8,10,15H,9H2,1-3H3. The zero-order valence-corrected chi connectivity index (χ0v) is 11.3. The lowest BCUT2D eigenvalue weighted by Gasteiger charge is -2.13. The molecule has 1 aromatic heterocycles. The Kier molecular flexibility index (Phi) is 3.92. The molecule has 3 heteroatoms. The molecular formula is C14H18N2S. The molecule has 0 amide bonds. The number of benzene rings is 1. The van der Waals surface area contributed by atoms with Crippen LogP contribution >= 0.6 is 11.3 Å². The van der Waals surface area contributed by atoms with Crippen LogP contribution in [0.15, 0.2) is 30.3 Å². The first kappa shape index (κ1) is 12.3. The summed E-state index contributed by atoms with van der Waals surface area (Å²) in [5.41, 5.74) is 2.48. The van der Waals surface area contributed by atoms with Gasteiger partial charge in [0.25, 0.3) is 0 Å². The molecule has 0 bridgehead atoms. The Hall–Kier alpha value is -1.19. The molecule has 1 atom stereocenters. The van der Waals surface area contributed by atoms with E-state index < -0.39 is 0 Å². The van der Waals surface area contributed by atoms with E-state index in [1.807, 2.05) is 6.07 Å². The number of thiazole rings is 1. The van der Waals surface area contributed by atoms with Gasteiger partial charge in [0.15, 0.2) is 0 Å². The summed E-state index contributed by atoms with van der Waals surface area (Å²) in [5.74, 6) is 0. The van der Waals surface area contributed by atoms with Crippen molar-refractivity contribution in [3.8, 4) is 0 Å². The lowest BCUT2D eigenvalue weighted by atomic mass is 10.1. The second-order valence-corrected chi connectivity index (χ2v) is 5.54.